The zero-order valence-electron chi connectivity index (χ0n) is 17.7. The van der Waals surface area contributed by atoms with Gasteiger partial charge in [0.05, 0.1) is 25.6 Å². The summed E-state index contributed by atoms with van der Waals surface area (Å²) in [5.41, 5.74) is 4.69. The SMILES string of the molecule is COc1ccc(-c2ccc(CN3CCc4nc(S(C)(=O)=O)ncc4C3)cn2)cc1OC. The van der Waals surface area contributed by atoms with E-state index in [1.807, 2.05) is 30.5 Å². The molecule has 0 atom stereocenters. The fourth-order valence-electron chi connectivity index (χ4n) is 3.61. The third-order valence-electron chi connectivity index (χ3n) is 5.23. The molecule has 2 aromatic heterocycles. The summed E-state index contributed by atoms with van der Waals surface area (Å²) in [6, 6.07) is 9.79. The molecule has 0 radical (unpaired) electrons. The van der Waals surface area contributed by atoms with Gasteiger partial charge in [-0.3, -0.25) is 9.88 Å². The summed E-state index contributed by atoms with van der Waals surface area (Å²) in [6.07, 6.45) is 5.33. The van der Waals surface area contributed by atoms with Crippen molar-refractivity contribution in [3.8, 4) is 22.8 Å². The van der Waals surface area contributed by atoms with Crippen molar-refractivity contribution in [2.45, 2.75) is 24.7 Å². The summed E-state index contributed by atoms with van der Waals surface area (Å²) in [5.74, 6) is 1.35. The highest BCUT2D eigenvalue weighted by Crippen LogP contribution is 2.31. The molecule has 0 N–H and O–H groups in total. The van der Waals surface area contributed by atoms with Gasteiger partial charge in [0.1, 0.15) is 0 Å². The molecule has 0 saturated heterocycles. The Kier molecular flexibility index (Phi) is 5.88. The van der Waals surface area contributed by atoms with Crippen LogP contribution in [0.2, 0.25) is 0 Å². The van der Waals surface area contributed by atoms with Gasteiger partial charge >= 0.3 is 0 Å². The van der Waals surface area contributed by atoms with E-state index < -0.39 is 9.84 Å². The predicted molar refractivity (Wildman–Crippen MR) is 116 cm³/mol. The number of nitrogens with zero attached hydrogens (tertiary/aromatic N) is 4. The molecule has 0 amide bonds. The number of hydrogen-bond donors (Lipinski definition) is 0. The molecule has 0 spiro atoms. The first-order chi connectivity index (χ1) is 14.9. The van der Waals surface area contributed by atoms with Gasteiger partial charge in [-0.2, -0.15) is 0 Å². The quantitative estimate of drug-likeness (QED) is 0.540. The van der Waals surface area contributed by atoms with E-state index >= 15 is 0 Å². The molecule has 0 unspecified atom stereocenters. The summed E-state index contributed by atoms with van der Waals surface area (Å²) in [5, 5.41) is -0.102. The second-order valence-electron chi connectivity index (χ2n) is 7.48. The van der Waals surface area contributed by atoms with Crippen LogP contribution in [-0.4, -0.2) is 55.3 Å². The monoisotopic (exact) mass is 440 g/mol. The van der Waals surface area contributed by atoms with Gasteiger partial charge in [0.15, 0.2) is 11.5 Å². The van der Waals surface area contributed by atoms with Crippen molar-refractivity contribution in [1.82, 2.24) is 19.9 Å². The van der Waals surface area contributed by atoms with E-state index in [0.29, 0.717) is 24.5 Å². The Bertz CT molecular complexity index is 1200. The van der Waals surface area contributed by atoms with Crippen LogP contribution >= 0.6 is 0 Å². The van der Waals surface area contributed by atoms with Gasteiger partial charge in [-0.1, -0.05) is 6.07 Å². The molecule has 162 valence electrons. The third kappa shape index (κ3) is 4.67. The van der Waals surface area contributed by atoms with Crippen LogP contribution in [0.3, 0.4) is 0 Å². The maximum absolute atomic E-state index is 11.7. The predicted octanol–water partition coefficient (Wildman–Crippen LogP) is 2.52. The van der Waals surface area contributed by atoms with E-state index in [9.17, 15) is 8.42 Å². The largest absolute Gasteiger partial charge is 0.493 e. The molecule has 0 bridgehead atoms. The Balaban J connectivity index is 1.45. The summed E-state index contributed by atoms with van der Waals surface area (Å²) in [6.45, 7) is 2.22. The maximum Gasteiger partial charge on any atom is 0.246 e. The van der Waals surface area contributed by atoms with Crippen molar-refractivity contribution in [2.24, 2.45) is 0 Å². The molecule has 3 aromatic rings. The lowest BCUT2D eigenvalue weighted by molar-refractivity contribution is 0.242. The minimum atomic E-state index is -3.39. The highest BCUT2D eigenvalue weighted by molar-refractivity contribution is 7.90. The second kappa shape index (κ2) is 8.60. The van der Waals surface area contributed by atoms with Crippen LogP contribution in [0.25, 0.3) is 11.3 Å². The zero-order valence-corrected chi connectivity index (χ0v) is 18.5. The second-order valence-corrected chi connectivity index (χ2v) is 9.39. The fourth-order valence-corrected chi connectivity index (χ4v) is 4.13. The lowest BCUT2D eigenvalue weighted by atomic mass is 10.1. The number of methoxy groups -OCH3 is 2. The van der Waals surface area contributed by atoms with E-state index in [1.165, 1.54) is 0 Å². The number of rotatable bonds is 6. The minimum absolute atomic E-state index is 0.102. The van der Waals surface area contributed by atoms with Crippen molar-refractivity contribution < 1.29 is 17.9 Å². The van der Waals surface area contributed by atoms with Crippen molar-refractivity contribution in [3.63, 3.8) is 0 Å². The Morgan fingerprint density at radius 2 is 1.84 bits per heavy atom. The number of sulfone groups is 1. The van der Waals surface area contributed by atoms with Crippen molar-refractivity contribution in [2.75, 3.05) is 27.0 Å². The Morgan fingerprint density at radius 3 is 2.52 bits per heavy atom. The lowest BCUT2D eigenvalue weighted by Crippen LogP contribution is -2.31. The van der Waals surface area contributed by atoms with Gasteiger partial charge in [-0.05, 0) is 29.8 Å². The molecular formula is C22H24N4O4S. The topological polar surface area (TPSA) is 94.5 Å². The van der Waals surface area contributed by atoms with Gasteiger partial charge in [-0.25, -0.2) is 18.4 Å². The van der Waals surface area contributed by atoms with Gasteiger partial charge in [0.25, 0.3) is 0 Å². The van der Waals surface area contributed by atoms with Gasteiger partial charge in [-0.15, -0.1) is 0 Å². The van der Waals surface area contributed by atoms with E-state index in [2.05, 4.69) is 25.9 Å². The third-order valence-corrected chi connectivity index (χ3v) is 6.09. The van der Waals surface area contributed by atoms with E-state index in [-0.39, 0.29) is 5.16 Å². The normalized spacial score (nSPS) is 14.2. The molecule has 31 heavy (non-hydrogen) atoms. The van der Waals surface area contributed by atoms with Crippen LogP contribution in [0.1, 0.15) is 16.8 Å². The number of fused-ring (bicyclic) bond motifs is 1. The van der Waals surface area contributed by atoms with Crippen LogP contribution in [0.5, 0.6) is 11.5 Å². The summed E-state index contributed by atoms with van der Waals surface area (Å²) >= 11 is 0. The molecule has 1 aromatic carbocycles. The lowest BCUT2D eigenvalue weighted by Gasteiger charge is -2.27. The first-order valence-electron chi connectivity index (χ1n) is 9.82. The van der Waals surface area contributed by atoms with Crippen LogP contribution < -0.4 is 9.47 Å². The first-order valence-corrected chi connectivity index (χ1v) is 11.7. The first kappa shape index (κ1) is 21.2. The summed E-state index contributed by atoms with van der Waals surface area (Å²) in [4.78, 5) is 15.2. The Morgan fingerprint density at radius 1 is 1.03 bits per heavy atom. The molecular weight excluding hydrogens is 416 g/mol. The summed E-state index contributed by atoms with van der Waals surface area (Å²) < 4.78 is 34.0. The van der Waals surface area contributed by atoms with E-state index in [0.717, 1.165) is 47.4 Å². The van der Waals surface area contributed by atoms with Crippen molar-refractivity contribution in [1.29, 1.82) is 0 Å². The number of pyridine rings is 1. The van der Waals surface area contributed by atoms with Crippen molar-refractivity contribution >= 4 is 9.84 Å². The smallest absolute Gasteiger partial charge is 0.246 e. The average molecular weight is 441 g/mol. The zero-order chi connectivity index (χ0) is 22.0. The van der Waals surface area contributed by atoms with Gasteiger partial charge in [0.2, 0.25) is 15.0 Å². The van der Waals surface area contributed by atoms with Crippen LogP contribution in [-0.2, 0) is 29.3 Å². The summed E-state index contributed by atoms with van der Waals surface area (Å²) in [7, 11) is -0.168. The Hall–Kier alpha value is -3.04. The number of ether oxygens (including phenoxy) is 2. The molecule has 0 saturated carbocycles. The maximum atomic E-state index is 11.7. The Labute approximate surface area is 181 Å². The molecule has 0 fully saturated rings. The minimum Gasteiger partial charge on any atom is -0.493 e. The van der Waals surface area contributed by atoms with Crippen LogP contribution in [0.4, 0.5) is 0 Å². The molecule has 1 aliphatic rings. The van der Waals surface area contributed by atoms with Crippen LogP contribution in [0, 0.1) is 0 Å². The molecule has 3 heterocycles. The van der Waals surface area contributed by atoms with Gasteiger partial charge in [0, 0.05) is 55.8 Å². The molecule has 0 aliphatic carbocycles. The number of hydrogen-bond acceptors (Lipinski definition) is 8. The highest BCUT2D eigenvalue weighted by Gasteiger charge is 2.21. The van der Waals surface area contributed by atoms with E-state index in [1.54, 1.807) is 20.4 Å². The fraction of sp³-hybridized carbons (Fsp3) is 0.318. The van der Waals surface area contributed by atoms with E-state index in [4.69, 9.17) is 9.47 Å². The molecule has 1 aliphatic heterocycles. The molecule has 8 nitrogen and oxygen atoms in total. The van der Waals surface area contributed by atoms with Gasteiger partial charge < -0.3 is 9.47 Å². The number of aromatic nitrogens is 3. The molecule has 9 heteroatoms. The van der Waals surface area contributed by atoms with Crippen molar-refractivity contribution in [3.05, 3.63) is 59.5 Å². The average Bonchev–Trinajstić information content (AvgIpc) is 2.78. The standard InChI is InChI=1S/C22H24N4O4S/c1-29-20-7-5-16(10-21(20)30-2)18-6-4-15(11-23-18)13-26-9-8-19-17(14-26)12-24-22(25-19)31(3,27)28/h4-7,10-12H,8-9,13-14H2,1-3H3. The molecule has 4 rings (SSSR count). The van der Waals surface area contributed by atoms with Crippen LogP contribution in [0.15, 0.2) is 47.9 Å². The highest BCUT2D eigenvalue weighted by atomic mass is 32.2. The number of benzene rings is 1.